The number of benzene rings is 1. The molecule has 2 aliphatic rings. The Morgan fingerprint density at radius 1 is 1.30 bits per heavy atom. The van der Waals surface area contributed by atoms with E-state index in [1.165, 1.54) is 0 Å². The van der Waals surface area contributed by atoms with E-state index >= 15 is 0 Å². The van der Waals surface area contributed by atoms with Crippen molar-refractivity contribution < 1.29 is 19.1 Å². The smallest absolute Gasteiger partial charge is 0.229 e. The van der Waals surface area contributed by atoms with Crippen molar-refractivity contribution in [3.63, 3.8) is 0 Å². The number of rotatable bonds is 4. The second kappa shape index (κ2) is 6.48. The Kier molecular flexibility index (Phi) is 4.41. The largest absolute Gasteiger partial charge is 0.486 e. The van der Waals surface area contributed by atoms with Gasteiger partial charge < -0.3 is 19.7 Å². The van der Waals surface area contributed by atoms with Crippen LogP contribution in [-0.4, -0.2) is 43.0 Å². The summed E-state index contributed by atoms with van der Waals surface area (Å²) in [6, 6.07) is 5.33. The van der Waals surface area contributed by atoms with Crippen LogP contribution in [0.5, 0.6) is 11.5 Å². The molecule has 0 aromatic heterocycles. The van der Waals surface area contributed by atoms with Crippen molar-refractivity contribution in [3.05, 3.63) is 18.2 Å². The van der Waals surface area contributed by atoms with Crippen LogP contribution in [-0.2, 0) is 9.59 Å². The summed E-state index contributed by atoms with van der Waals surface area (Å²) in [5.74, 6) is 1.36. The summed E-state index contributed by atoms with van der Waals surface area (Å²) in [5, 5.41) is 2.88. The second-order valence-corrected chi connectivity index (χ2v) is 6.44. The molecule has 6 heteroatoms. The molecule has 124 valence electrons. The number of nitrogens with zero attached hydrogens (tertiary/aromatic N) is 1. The molecule has 0 radical (unpaired) electrons. The second-order valence-electron chi connectivity index (χ2n) is 6.44. The van der Waals surface area contributed by atoms with E-state index in [9.17, 15) is 9.59 Å². The van der Waals surface area contributed by atoms with Gasteiger partial charge >= 0.3 is 0 Å². The van der Waals surface area contributed by atoms with Gasteiger partial charge in [-0.2, -0.15) is 0 Å². The monoisotopic (exact) mass is 318 g/mol. The molecule has 1 N–H and O–H groups in total. The van der Waals surface area contributed by atoms with Crippen molar-refractivity contribution in [2.24, 2.45) is 11.8 Å². The average molecular weight is 318 g/mol. The maximum Gasteiger partial charge on any atom is 0.229 e. The highest BCUT2D eigenvalue weighted by molar-refractivity contribution is 5.97. The highest BCUT2D eigenvalue weighted by Crippen LogP contribution is 2.33. The molecule has 23 heavy (non-hydrogen) atoms. The summed E-state index contributed by atoms with van der Waals surface area (Å²) in [6.07, 6.45) is 0.281. The van der Waals surface area contributed by atoms with Gasteiger partial charge in [0.05, 0.1) is 5.92 Å². The molecule has 2 amide bonds. The Bertz CT molecular complexity index is 615. The van der Waals surface area contributed by atoms with Crippen molar-refractivity contribution in [2.75, 3.05) is 31.6 Å². The first-order valence-electron chi connectivity index (χ1n) is 8.01. The first kappa shape index (κ1) is 15.6. The molecule has 1 fully saturated rings. The van der Waals surface area contributed by atoms with Crippen LogP contribution in [0.15, 0.2) is 18.2 Å². The van der Waals surface area contributed by atoms with Gasteiger partial charge in [0.15, 0.2) is 11.5 Å². The average Bonchev–Trinajstić information content (AvgIpc) is 2.87. The summed E-state index contributed by atoms with van der Waals surface area (Å²) in [6.45, 7) is 6.37. The van der Waals surface area contributed by atoms with Crippen molar-refractivity contribution in [2.45, 2.75) is 20.3 Å². The van der Waals surface area contributed by atoms with Crippen LogP contribution in [0.4, 0.5) is 5.69 Å². The van der Waals surface area contributed by atoms with Gasteiger partial charge in [0, 0.05) is 31.3 Å². The molecule has 1 unspecified atom stereocenters. The van der Waals surface area contributed by atoms with Gasteiger partial charge in [-0.3, -0.25) is 9.59 Å². The van der Waals surface area contributed by atoms with Crippen molar-refractivity contribution in [1.29, 1.82) is 0 Å². The van der Waals surface area contributed by atoms with E-state index in [-0.39, 0.29) is 24.2 Å². The zero-order valence-corrected chi connectivity index (χ0v) is 13.5. The number of fused-ring (bicyclic) bond motifs is 1. The van der Waals surface area contributed by atoms with Gasteiger partial charge in [0.2, 0.25) is 11.8 Å². The molecule has 0 bridgehead atoms. The molecule has 1 aromatic rings. The predicted octanol–water partition coefficient (Wildman–Crippen LogP) is 1.90. The molecule has 0 aliphatic carbocycles. The number of nitrogens with one attached hydrogen (secondary N) is 1. The first-order chi connectivity index (χ1) is 11.0. The number of ether oxygens (including phenoxy) is 2. The van der Waals surface area contributed by atoms with Crippen molar-refractivity contribution in [3.8, 4) is 11.5 Å². The number of carbonyl (C=O) groups is 2. The number of carbonyl (C=O) groups excluding carboxylic acids is 2. The predicted molar refractivity (Wildman–Crippen MR) is 85.6 cm³/mol. The zero-order chi connectivity index (χ0) is 16.4. The molecule has 2 heterocycles. The standard InChI is InChI=1S/C17H22N2O4/c1-11(2)9-19-10-12(7-16(19)20)17(21)18-13-3-4-14-15(8-13)23-6-5-22-14/h3-4,8,11-12H,5-7,9-10H2,1-2H3,(H,18,21). The highest BCUT2D eigenvalue weighted by Gasteiger charge is 2.34. The van der Waals surface area contributed by atoms with Gasteiger partial charge in [-0.15, -0.1) is 0 Å². The summed E-state index contributed by atoms with van der Waals surface area (Å²) < 4.78 is 11.0. The normalized spacial score (nSPS) is 20.0. The maximum atomic E-state index is 12.4. The Balaban J connectivity index is 1.62. The quantitative estimate of drug-likeness (QED) is 0.921. The zero-order valence-electron chi connectivity index (χ0n) is 13.5. The van der Waals surface area contributed by atoms with Gasteiger partial charge in [0.1, 0.15) is 13.2 Å². The minimum atomic E-state index is -0.297. The lowest BCUT2D eigenvalue weighted by Crippen LogP contribution is -2.31. The fourth-order valence-corrected chi connectivity index (χ4v) is 2.93. The third kappa shape index (κ3) is 3.57. The third-order valence-electron chi connectivity index (χ3n) is 3.98. The van der Waals surface area contributed by atoms with E-state index in [0.717, 1.165) is 0 Å². The number of amides is 2. The number of hydrogen-bond acceptors (Lipinski definition) is 4. The van der Waals surface area contributed by atoms with Crippen LogP contribution < -0.4 is 14.8 Å². The fraction of sp³-hybridized carbons (Fsp3) is 0.529. The van der Waals surface area contributed by atoms with E-state index < -0.39 is 0 Å². The number of hydrogen-bond donors (Lipinski definition) is 1. The van der Waals surface area contributed by atoms with E-state index in [2.05, 4.69) is 19.2 Å². The Morgan fingerprint density at radius 3 is 2.78 bits per heavy atom. The molecule has 2 aliphatic heterocycles. The maximum absolute atomic E-state index is 12.4. The van der Waals surface area contributed by atoms with Crippen LogP contribution in [0.25, 0.3) is 0 Å². The highest BCUT2D eigenvalue weighted by atomic mass is 16.6. The van der Waals surface area contributed by atoms with Crippen molar-refractivity contribution >= 4 is 17.5 Å². The lowest BCUT2D eigenvalue weighted by molar-refractivity contribution is -0.128. The van der Waals surface area contributed by atoms with Gasteiger partial charge in [-0.05, 0) is 18.1 Å². The molecule has 1 aromatic carbocycles. The Morgan fingerprint density at radius 2 is 2.04 bits per heavy atom. The minimum absolute atomic E-state index is 0.0565. The minimum Gasteiger partial charge on any atom is -0.486 e. The number of likely N-dealkylation sites (tertiary alicyclic amines) is 1. The Labute approximate surface area is 135 Å². The Hall–Kier alpha value is -2.24. The lowest BCUT2D eigenvalue weighted by Gasteiger charge is -2.20. The molecular weight excluding hydrogens is 296 g/mol. The topological polar surface area (TPSA) is 67.9 Å². The lowest BCUT2D eigenvalue weighted by atomic mass is 10.1. The number of anilines is 1. The van der Waals surface area contributed by atoms with E-state index in [1.54, 1.807) is 23.1 Å². The molecule has 1 atom stereocenters. The summed E-state index contributed by atoms with van der Waals surface area (Å²) in [4.78, 5) is 26.2. The van der Waals surface area contributed by atoms with Crippen molar-refractivity contribution in [1.82, 2.24) is 4.90 Å². The van der Waals surface area contributed by atoms with Crippen LogP contribution >= 0.6 is 0 Å². The molecule has 1 saturated heterocycles. The van der Waals surface area contributed by atoms with Crippen LogP contribution in [0, 0.1) is 11.8 Å². The molecular formula is C17H22N2O4. The summed E-state index contributed by atoms with van der Waals surface area (Å²) in [7, 11) is 0. The van der Waals surface area contributed by atoms with E-state index in [0.29, 0.717) is 49.4 Å². The molecule has 3 rings (SSSR count). The SMILES string of the molecule is CC(C)CN1CC(C(=O)Nc2ccc3c(c2)OCCO3)CC1=O. The van der Waals surface area contributed by atoms with Crippen LogP contribution in [0.2, 0.25) is 0 Å². The van der Waals surface area contributed by atoms with Crippen LogP contribution in [0.1, 0.15) is 20.3 Å². The molecule has 6 nitrogen and oxygen atoms in total. The van der Waals surface area contributed by atoms with Gasteiger partial charge in [-0.25, -0.2) is 0 Å². The van der Waals surface area contributed by atoms with Gasteiger partial charge in [-0.1, -0.05) is 13.8 Å². The molecule has 0 spiro atoms. The first-order valence-corrected chi connectivity index (χ1v) is 8.01. The third-order valence-corrected chi connectivity index (χ3v) is 3.98. The van der Waals surface area contributed by atoms with E-state index in [1.807, 2.05) is 0 Å². The summed E-state index contributed by atoms with van der Waals surface area (Å²) >= 11 is 0. The van der Waals surface area contributed by atoms with Crippen LogP contribution in [0.3, 0.4) is 0 Å². The fourth-order valence-electron chi connectivity index (χ4n) is 2.93. The molecule has 0 saturated carbocycles. The van der Waals surface area contributed by atoms with E-state index in [4.69, 9.17) is 9.47 Å². The summed E-state index contributed by atoms with van der Waals surface area (Å²) in [5.41, 5.74) is 0.661. The van der Waals surface area contributed by atoms with Gasteiger partial charge in [0.25, 0.3) is 0 Å².